The molecule has 1 atom stereocenters. The Balaban J connectivity index is 2.14. The van der Waals surface area contributed by atoms with Crippen molar-refractivity contribution in [2.24, 2.45) is 0 Å². The molecule has 3 nitrogen and oxygen atoms in total. The van der Waals surface area contributed by atoms with Gasteiger partial charge in [-0.2, -0.15) is 0 Å². The first-order valence-corrected chi connectivity index (χ1v) is 21.8. The van der Waals surface area contributed by atoms with Crippen LogP contribution in [0.2, 0.25) is 0 Å². The van der Waals surface area contributed by atoms with Crippen LogP contribution in [0.3, 0.4) is 0 Å². The van der Waals surface area contributed by atoms with Gasteiger partial charge >= 0.3 is 0 Å². The maximum Gasteiger partial charge on any atom is 0.0820 e. The maximum atomic E-state index is 6.42. The van der Waals surface area contributed by atoms with Gasteiger partial charge in [0.1, 0.15) is 0 Å². The fourth-order valence-corrected chi connectivity index (χ4v) is 6.30. The van der Waals surface area contributed by atoms with Gasteiger partial charge in [0.2, 0.25) is 0 Å². The molecule has 292 valence electrons. The number of hydrogen-bond acceptors (Lipinski definition) is 3. The highest BCUT2D eigenvalue weighted by Gasteiger charge is 2.12. The van der Waals surface area contributed by atoms with Gasteiger partial charge in [0.15, 0.2) is 0 Å². The maximum absolute atomic E-state index is 6.42. The summed E-state index contributed by atoms with van der Waals surface area (Å²) in [6.45, 7) is 8.98. The van der Waals surface area contributed by atoms with Crippen LogP contribution >= 0.6 is 0 Å². The molecule has 0 aliphatic carbocycles. The molecule has 0 heterocycles. The number of ether oxygens (including phenoxy) is 2. The van der Waals surface area contributed by atoms with Crippen LogP contribution in [0.1, 0.15) is 180 Å². The fraction of sp³-hybridized carbons (Fsp3) is 0.708. The van der Waals surface area contributed by atoms with Gasteiger partial charge in [0.25, 0.3) is 0 Å². The molecule has 0 N–H and O–H groups in total. The monoisotopic (exact) mass is 706 g/mol. The Bertz CT molecular complexity index is 936. The summed E-state index contributed by atoms with van der Waals surface area (Å²) in [5, 5.41) is 0. The van der Waals surface area contributed by atoms with Crippen LogP contribution in [0, 0.1) is 0 Å². The predicted molar refractivity (Wildman–Crippen MR) is 227 cm³/mol. The normalized spacial score (nSPS) is 12.9. The van der Waals surface area contributed by atoms with Gasteiger partial charge in [-0.05, 0) is 96.1 Å². The molecule has 1 unspecified atom stereocenters. The van der Waals surface area contributed by atoms with Gasteiger partial charge in [-0.3, -0.25) is 0 Å². The summed E-state index contributed by atoms with van der Waals surface area (Å²) in [4.78, 5) is 2.41. The van der Waals surface area contributed by atoms with Gasteiger partial charge in [0.05, 0.1) is 12.7 Å². The number of rotatable bonds is 38. The van der Waals surface area contributed by atoms with Crippen molar-refractivity contribution >= 4 is 0 Å². The van der Waals surface area contributed by atoms with E-state index in [0.717, 1.165) is 65.0 Å². The Labute approximate surface area is 318 Å². The van der Waals surface area contributed by atoms with Crippen molar-refractivity contribution in [1.82, 2.24) is 4.90 Å². The number of benzene rings is 1. The molecule has 3 heteroatoms. The second-order valence-corrected chi connectivity index (χ2v) is 14.7. The van der Waals surface area contributed by atoms with E-state index in [4.69, 9.17) is 9.47 Å². The summed E-state index contributed by atoms with van der Waals surface area (Å²) in [6.07, 6.45) is 50.6. The number of hydrogen-bond donors (Lipinski definition) is 0. The zero-order chi connectivity index (χ0) is 36.6. The van der Waals surface area contributed by atoms with Crippen LogP contribution in [-0.4, -0.2) is 44.4 Å². The summed E-state index contributed by atoms with van der Waals surface area (Å²) in [5.41, 5.74) is 1.37. The third kappa shape index (κ3) is 34.9. The van der Waals surface area contributed by atoms with Crippen molar-refractivity contribution in [1.29, 1.82) is 0 Å². The number of nitrogens with zero attached hydrogens (tertiary/aromatic N) is 1. The molecule has 0 aliphatic rings. The molecule has 1 aromatic rings. The zero-order valence-corrected chi connectivity index (χ0v) is 34.1. The Kier molecular flexibility index (Phi) is 36.3. The quantitative estimate of drug-likeness (QED) is 0.0505. The second kappa shape index (κ2) is 39.3. The van der Waals surface area contributed by atoms with E-state index in [1.807, 2.05) is 0 Å². The lowest BCUT2D eigenvalue weighted by molar-refractivity contribution is -0.0257. The van der Waals surface area contributed by atoms with E-state index in [2.05, 4.69) is 105 Å². The molecule has 0 bridgehead atoms. The Morgan fingerprint density at radius 3 is 1.49 bits per heavy atom. The molecule has 0 saturated heterocycles. The van der Waals surface area contributed by atoms with Crippen molar-refractivity contribution in [2.45, 2.75) is 187 Å². The highest BCUT2D eigenvalue weighted by Crippen LogP contribution is 2.12. The van der Waals surface area contributed by atoms with Crippen molar-refractivity contribution in [2.75, 3.05) is 33.4 Å². The summed E-state index contributed by atoms with van der Waals surface area (Å²) in [5.74, 6) is 0. The van der Waals surface area contributed by atoms with E-state index in [1.54, 1.807) is 0 Å². The first-order chi connectivity index (χ1) is 25.3. The minimum Gasteiger partial charge on any atom is -0.379 e. The number of allylic oxidation sites excluding steroid dienone is 8. The van der Waals surface area contributed by atoms with Crippen molar-refractivity contribution in [3.05, 3.63) is 84.5 Å². The average Bonchev–Trinajstić information content (AvgIpc) is 3.14. The first-order valence-electron chi connectivity index (χ1n) is 21.8. The molecule has 1 rings (SSSR count). The molecular weight excluding hydrogens is 623 g/mol. The van der Waals surface area contributed by atoms with E-state index in [1.165, 1.54) is 134 Å². The Morgan fingerprint density at radius 2 is 0.980 bits per heavy atom. The molecule has 0 spiro atoms. The zero-order valence-electron chi connectivity index (χ0n) is 34.1. The molecule has 0 fully saturated rings. The van der Waals surface area contributed by atoms with E-state index in [9.17, 15) is 0 Å². The van der Waals surface area contributed by atoms with Gasteiger partial charge in [0, 0.05) is 26.3 Å². The fourth-order valence-electron chi connectivity index (χ4n) is 6.30. The van der Waals surface area contributed by atoms with E-state index < -0.39 is 0 Å². The SMILES string of the molecule is CCCCC/C=C/C/C=C/CCCCCCCCOCC(CCN(C)Cc1ccccc1)OCCCCCCCC/C=C/C/C=C/CCCCC. The van der Waals surface area contributed by atoms with Gasteiger partial charge in [-0.25, -0.2) is 0 Å². The Hall–Kier alpha value is -1.94. The van der Waals surface area contributed by atoms with Crippen LogP contribution in [0.4, 0.5) is 0 Å². The minimum atomic E-state index is 0.186. The van der Waals surface area contributed by atoms with Crippen LogP contribution < -0.4 is 0 Å². The van der Waals surface area contributed by atoms with Crippen molar-refractivity contribution < 1.29 is 9.47 Å². The minimum absolute atomic E-state index is 0.186. The average molecular weight is 706 g/mol. The molecule has 0 aliphatic heterocycles. The summed E-state index contributed by atoms with van der Waals surface area (Å²) in [6, 6.07) is 10.8. The molecule has 0 aromatic heterocycles. The molecule has 0 saturated carbocycles. The van der Waals surface area contributed by atoms with Crippen LogP contribution in [0.25, 0.3) is 0 Å². The smallest absolute Gasteiger partial charge is 0.0820 e. The van der Waals surface area contributed by atoms with E-state index in [-0.39, 0.29) is 6.10 Å². The predicted octanol–water partition coefficient (Wildman–Crippen LogP) is 14.5. The first kappa shape index (κ1) is 47.1. The number of unbranched alkanes of at least 4 members (excludes halogenated alkanes) is 18. The lowest BCUT2D eigenvalue weighted by Crippen LogP contribution is -2.28. The van der Waals surface area contributed by atoms with Crippen molar-refractivity contribution in [3.8, 4) is 0 Å². The van der Waals surface area contributed by atoms with Gasteiger partial charge in [-0.1, -0.05) is 170 Å². The lowest BCUT2D eigenvalue weighted by atomic mass is 10.1. The van der Waals surface area contributed by atoms with Crippen LogP contribution in [0.15, 0.2) is 78.9 Å². The standard InChI is InChI=1S/C48H83NO2/c1-4-6-8-10-12-14-16-18-20-22-24-26-28-30-32-37-43-50-46-48(41-42-49(3)45-47-39-35-34-36-40-47)51-44-38-33-31-29-27-25-23-21-19-17-15-13-11-9-7-5-2/h12-15,18-21,34-36,39-40,48H,4-11,16-17,22-33,37-38,41-46H2,1-3H3/b14-12+,15-13+,20-18+,21-19+. The van der Waals surface area contributed by atoms with E-state index >= 15 is 0 Å². The third-order valence-corrected chi connectivity index (χ3v) is 9.62. The van der Waals surface area contributed by atoms with Crippen molar-refractivity contribution in [3.63, 3.8) is 0 Å². The molecular formula is C48H83NO2. The third-order valence-electron chi connectivity index (χ3n) is 9.62. The molecule has 0 amide bonds. The highest BCUT2D eigenvalue weighted by molar-refractivity contribution is 5.14. The highest BCUT2D eigenvalue weighted by atomic mass is 16.5. The summed E-state index contributed by atoms with van der Waals surface area (Å²) >= 11 is 0. The van der Waals surface area contributed by atoms with Gasteiger partial charge in [-0.15, -0.1) is 0 Å². The van der Waals surface area contributed by atoms with Gasteiger partial charge < -0.3 is 14.4 Å². The summed E-state index contributed by atoms with van der Waals surface area (Å²) in [7, 11) is 2.22. The molecule has 51 heavy (non-hydrogen) atoms. The molecule has 1 aromatic carbocycles. The summed E-state index contributed by atoms with van der Waals surface area (Å²) < 4.78 is 12.6. The van der Waals surface area contributed by atoms with Crippen LogP contribution in [0.5, 0.6) is 0 Å². The molecule has 0 radical (unpaired) electrons. The topological polar surface area (TPSA) is 21.7 Å². The Morgan fingerprint density at radius 1 is 0.529 bits per heavy atom. The largest absolute Gasteiger partial charge is 0.379 e. The lowest BCUT2D eigenvalue weighted by Gasteiger charge is -2.22. The van der Waals surface area contributed by atoms with Crippen LogP contribution in [-0.2, 0) is 16.0 Å². The second-order valence-electron chi connectivity index (χ2n) is 14.7. The van der Waals surface area contributed by atoms with E-state index in [0.29, 0.717) is 0 Å².